The van der Waals surface area contributed by atoms with Gasteiger partial charge in [-0.05, 0) is 67.2 Å². The summed E-state index contributed by atoms with van der Waals surface area (Å²) < 4.78 is 41.2. The number of anilines is 1. The van der Waals surface area contributed by atoms with Crippen LogP contribution in [0.3, 0.4) is 0 Å². The Balaban J connectivity index is 1.50. The molecule has 156 valence electrons. The number of likely N-dealkylation sites (tertiary alicyclic amines) is 1. The molecule has 4 rings (SSSR count). The van der Waals surface area contributed by atoms with Crippen molar-refractivity contribution >= 4 is 15.7 Å². The van der Waals surface area contributed by atoms with Gasteiger partial charge in [-0.15, -0.1) is 0 Å². The zero-order valence-electron chi connectivity index (χ0n) is 16.8. The number of rotatable bonds is 7. The number of nitrogens with zero attached hydrogens (tertiary/aromatic N) is 2. The largest absolute Gasteiger partial charge is 0.374 e. The van der Waals surface area contributed by atoms with Crippen molar-refractivity contribution in [3.05, 3.63) is 65.0 Å². The second-order valence-corrected chi connectivity index (χ2v) is 9.86. The van der Waals surface area contributed by atoms with Crippen molar-refractivity contribution in [2.45, 2.75) is 31.1 Å². The van der Waals surface area contributed by atoms with Crippen molar-refractivity contribution < 1.29 is 12.8 Å². The van der Waals surface area contributed by atoms with Gasteiger partial charge in [0.15, 0.2) is 0 Å². The molecule has 1 N–H and O–H groups in total. The van der Waals surface area contributed by atoms with Crippen LogP contribution in [0.5, 0.6) is 0 Å². The molecule has 2 aliphatic rings. The van der Waals surface area contributed by atoms with Gasteiger partial charge in [-0.2, -0.15) is 0 Å². The second kappa shape index (κ2) is 8.42. The van der Waals surface area contributed by atoms with Crippen molar-refractivity contribution in [1.82, 2.24) is 9.62 Å². The lowest BCUT2D eigenvalue weighted by Crippen LogP contribution is -2.37. The summed E-state index contributed by atoms with van der Waals surface area (Å²) in [5.41, 5.74) is 4.36. The van der Waals surface area contributed by atoms with Gasteiger partial charge in [-0.1, -0.05) is 24.3 Å². The molecule has 5 nitrogen and oxygen atoms in total. The fraction of sp³-hybridized carbons (Fsp3) is 0.455. The molecule has 1 atom stereocenters. The van der Waals surface area contributed by atoms with Gasteiger partial charge < -0.3 is 4.90 Å². The van der Waals surface area contributed by atoms with E-state index in [1.54, 1.807) is 0 Å². The van der Waals surface area contributed by atoms with Gasteiger partial charge in [0.25, 0.3) is 0 Å². The summed E-state index contributed by atoms with van der Waals surface area (Å²) in [5.74, 6) is -0.509. The first-order valence-corrected chi connectivity index (χ1v) is 11.9. The van der Waals surface area contributed by atoms with Crippen LogP contribution in [-0.4, -0.2) is 46.5 Å². The normalized spacial score (nSPS) is 18.2. The number of halogens is 1. The fourth-order valence-corrected chi connectivity index (χ4v) is 5.51. The minimum absolute atomic E-state index is 0.0247. The molecule has 29 heavy (non-hydrogen) atoms. The maximum atomic E-state index is 13.1. The first-order chi connectivity index (χ1) is 13.9. The van der Waals surface area contributed by atoms with Gasteiger partial charge in [0, 0.05) is 31.9 Å². The zero-order chi connectivity index (χ0) is 20.4. The number of benzene rings is 2. The van der Waals surface area contributed by atoms with Crippen LogP contribution in [0.4, 0.5) is 10.1 Å². The van der Waals surface area contributed by atoms with E-state index in [9.17, 15) is 12.8 Å². The van der Waals surface area contributed by atoms with E-state index in [0.717, 1.165) is 38.9 Å². The molecule has 0 amide bonds. The first kappa shape index (κ1) is 20.3. The Morgan fingerprint density at radius 2 is 1.79 bits per heavy atom. The molecule has 0 radical (unpaired) electrons. The minimum atomic E-state index is -3.51. The van der Waals surface area contributed by atoms with Crippen LogP contribution in [0.15, 0.2) is 42.5 Å². The van der Waals surface area contributed by atoms with Gasteiger partial charge in [-0.3, -0.25) is 4.90 Å². The van der Waals surface area contributed by atoms with Crippen molar-refractivity contribution in [2.75, 3.05) is 38.1 Å². The Kier molecular flexibility index (Phi) is 5.90. The van der Waals surface area contributed by atoms with Gasteiger partial charge in [-0.25, -0.2) is 17.5 Å². The maximum Gasteiger partial charge on any atom is 0.215 e. The van der Waals surface area contributed by atoms with Crippen LogP contribution in [0, 0.1) is 5.82 Å². The molecule has 0 aromatic heterocycles. The lowest BCUT2D eigenvalue weighted by Gasteiger charge is -2.29. The highest BCUT2D eigenvalue weighted by molar-refractivity contribution is 7.88. The van der Waals surface area contributed by atoms with Crippen LogP contribution in [0.1, 0.15) is 35.6 Å². The molecule has 0 saturated carbocycles. The van der Waals surface area contributed by atoms with E-state index in [0.29, 0.717) is 12.1 Å². The summed E-state index contributed by atoms with van der Waals surface area (Å²) in [6, 6.07) is 12.2. The average molecular weight is 418 g/mol. The highest BCUT2D eigenvalue weighted by Crippen LogP contribution is 2.32. The Morgan fingerprint density at radius 1 is 1.07 bits per heavy atom. The molecule has 7 heteroatoms. The molecule has 0 aliphatic carbocycles. The molecular weight excluding hydrogens is 389 g/mol. The number of nitrogens with one attached hydrogen (secondary N) is 1. The molecule has 0 spiro atoms. The molecule has 2 aromatic rings. The van der Waals surface area contributed by atoms with E-state index in [-0.39, 0.29) is 17.6 Å². The molecular formula is C22H28FN3O2S. The van der Waals surface area contributed by atoms with E-state index in [4.69, 9.17) is 0 Å². The zero-order valence-corrected chi connectivity index (χ0v) is 17.6. The van der Waals surface area contributed by atoms with Crippen LogP contribution >= 0.6 is 0 Å². The molecule has 1 fully saturated rings. The minimum Gasteiger partial charge on any atom is -0.374 e. The summed E-state index contributed by atoms with van der Waals surface area (Å²) in [5, 5.41) is 0. The number of fused-ring (bicyclic) bond motifs is 1. The van der Waals surface area contributed by atoms with Crippen molar-refractivity contribution in [3.8, 4) is 0 Å². The number of sulfonamides is 1. The van der Waals surface area contributed by atoms with Crippen molar-refractivity contribution in [2.24, 2.45) is 0 Å². The SMILES string of the molecule is CN1CCc2cc([C@@H](CNS(=O)(=O)Cc3ccc(F)cc3)N3CCCC3)ccc21. The third-order valence-corrected chi connectivity index (χ3v) is 7.28. The summed E-state index contributed by atoms with van der Waals surface area (Å²) in [4.78, 5) is 4.64. The average Bonchev–Trinajstić information content (AvgIpc) is 3.34. The Morgan fingerprint density at radius 3 is 2.52 bits per heavy atom. The van der Waals surface area contributed by atoms with Crippen LogP contribution in [-0.2, 0) is 22.2 Å². The Labute approximate surface area is 172 Å². The van der Waals surface area contributed by atoms with Gasteiger partial charge in [0.05, 0.1) is 5.75 Å². The number of hydrogen-bond acceptors (Lipinski definition) is 4. The molecule has 2 heterocycles. The lowest BCUT2D eigenvalue weighted by atomic mass is 10.0. The van der Waals surface area contributed by atoms with Gasteiger partial charge >= 0.3 is 0 Å². The molecule has 2 aromatic carbocycles. The smallest absolute Gasteiger partial charge is 0.215 e. The van der Waals surface area contributed by atoms with Crippen LogP contribution < -0.4 is 9.62 Å². The van der Waals surface area contributed by atoms with Crippen LogP contribution in [0.25, 0.3) is 0 Å². The molecule has 2 aliphatic heterocycles. The number of hydrogen-bond donors (Lipinski definition) is 1. The highest BCUT2D eigenvalue weighted by atomic mass is 32.2. The fourth-order valence-electron chi connectivity index (χ4n) is 4.36. The number of likely N-dealkylation sites (N-methyl/N-ethyl adjacent to an activating group) is 1. The van der Waals surface area contributed by atoms with E-state index >= 15 is 0 Å². The standard InChI is InChI=1S/C22H28FN3O2S/c1-25-13-10-19-14-18(6-9-21(19)25)22(26-11-2-3-12-26)15-24-29(27,28)16-17-4-7-20(23)8-5-17/h4-9,14,22,24H,2-3,10-13,15-16H2,1H3/t22-/m1/s1. The lowest BCUT2D eigenvalue weighted by molar-refractivity contribution is 0.246. The van der Waals surface area contributed by atoms with E-state index in [2.05, 4.69) is 39.8 Å². The van der Waals surface area contributed by atoms with Crippen molar-refractivity contribution in [3.63, 3.8) is 0 Å². The molecule has 1 saturated heterocycles. The Hall–Kier alpha value is -1.96. The van der Waals surface area contributed by atoms with Gasteiger partial charge in [0.1, 0.15) is 5.82 Å². The van der Waals surface area contributed by atoms with E-state index < -0.39 is 10.0 Å². The summed E-state index contributed by atoms with van der Waals surface area (Å²) in [6.07, 6.45) is 3.32. The third-order valence-electron chi connectivity index (χ3n) is 5.96. The van der Waals surface area contributed by atoms with E-state index in [1.165, 1.54) is 41.1 Å². The molecule has 0 unspecified atom stereocenters. The highest BCUT2D eigenvalue weighted by Gasteiger charge is 2.27. The van der Waals surface area contributed by atoms with Crippen LogP contribution in [0.2, 0.25) is 0 Å². The molecule has 0 bridgehead atoms. The first-order valence-electron chi connectivity index (χ1n) is 10.2. The summed E-state index contributed by atoms with van der Waals surface area (Å²) in [7, 11) is -1.40. The monoisotopic (exact) mass is 417 g/mol. The second-order valence-electron chi connectivity index (χ2n) is 8.05. The van der Waals surface area contributed by atoms with Crippen molar-refractivity contribution in [1.29, 1.82) is 0 Å². The Bertz CT molecular complexity index is 957. The maximum absolute atomic E-state index is 13.1. The third kappa shape index (κ3) is 4.79. The van der Waals surface area contributed by atoms with E-state index in [1.807, 2.05) is 0 Å². The predicted molar refractivity (Wildman–Crippen MR) is 114 cm³/mol. The topological polar surface area (TPSA) is 52.7 Å². The predicted octanol–water partition coefficient (Wildman–Crippen LogP) is 3.07. The summed E-state index contributed by atoms with van der Waals surface area (Å²) >= 11 is 0. The summed E-state index contributed by atoms with van der Waals surface area (Å²) in [6.45, 7) is 3.35. The van der Waals surface area contributed by atoms with Gasteiger partial charge in [0.2, 0.25) is 10.0 Å². The quantitative estimate of drug-likeness (QED) is 0.752.